The third kappa shape index (κ3) is 5.39. The molecular weight excluding hydrogens is 551 g/mol. The van der Waals surface area contributed by atoms with Crippen molar-refractivity contribution in [3.8, 4) is 0 Å². The maximum absolute atomic E-state index is 15.7. The molecule has 0 unspecified atom stereocenters. The Morgan fingerprint density at radius 2 is 1.90 bits per heavy atom. The summed E-state index contributed by atoms with van der Waals surface area (Å²) in [4.78, 5) is 27.8. The number of aliphatic hydroxyl groups is 2. The first-order valence-corrected chi connectivity index (χ1v) is 13.6. The van der Waals surface area contributed by atoms with Crippen molar-refractivity contribution in [1.82, 2.24) is 10.6 Å². The zero-order valence-electron chi connectivity index (χ0n) is 22.0. The van der Waals surface area contributed by atoms with Gasteiger partial charge in [-0.2, -0.15) is 0 Å². The summed E-state index contributed by atoms with van der Waals surface area (Å²) >= 11 is 12.2. The summed E-state index contributed by atoms with van der Waals surface area (Å²) in [6.07, 6.45) is 0.657. The Balaban J connectivity index is 1.92. The van der Waals surface area contributed by atoms with E-state index in [0.717, 1.165) is 0 Å². The van der Waals surface area contributed by atoms with Crippen LogP contribution >= 0.6 is 23.2 Å². The molecule has 7 nitrogen and oxygen atoms in total. The van der Waals surface area contributed by atoms with Crippen LogP contribution in [0.15, 0.2) is 30.3 Å². The van der Waals surface area contributed by atoms with Crippen LogP contribution < -0.4 is 16.0 Å². The van der Waals surface area contributed by atoms with Crippen LogP contribution in [0.25, 0.3) is 0 Å². The van der Waals surface area contributed by atoms with Gasteiger partial charge < -0.3 is 26.2 Å². The predicted molar refractivity (Wildman–Crippen MR) is 146 cm³/mol. The number of halogens is 4. The highest BCUT2D eigenvalue weighted by molar-refractivity contribution is 6.31. The van der Waals surface area contributed by atoms with Crippen molar-refractivity contribution in [3.63, 3.8) is 0 Å². The van der Waals surface area contributed by atoms with Crippen molar-refractivity contribution in [2.24, 2.45) is 11.3 Å². The molecule has 11 heteroatoms. The van der Waals surface area contributed by atoms with E-state index >= 15 is 4.39 Å². The van der Waals surface area contributed by atoms with Crippen LogP contribution in [-0.4, -0.2) is 53.9 Å². The largest absolute Gasteiger partial charge is 0.396 e. The fourth-order valence-electron chi connectivity index (χ4n) is 5.96. The molecule has 2 aliphatic rings. The van der Waals surface area contributed by atoms with Gasteiger partial charge in [-0.25, -0.2) is 8.78 Å². The average molecular weight is 584 g/mol. The SMILES string of the molecule is CC(C)(C)C[C@H]1N[C@@H](C(=O)NC[C@H](CO)CCO)[C@H](c2cccc(Cl)c2F)[C@@]12C(=O)Nc1cc(Cl)c(F)cc12. The van der Waals surface area contributed by atoms with Crippen LogP contribution in [0.2, 0.25) is 10.0 Å². The molecule has 2 heterocycles. The number of hydrogen-bond acceptors (Lipinski definition) is 5. The lowest BCUT2D eigenvalue weighted by Crippen LogP contribution is -2.49. The lowest BCUT2D eigenvalue weighted by Gasteiger charge is -2.37. The summed E-state index contributed by atoms with van der Waals surface area (Å²) in [6.45, 7) is 5.56. The molecule has 0 aliphatic carbocycles. The average Bonchev–Trinajstić information content (AvgIpc) is 3.33. The third-order valence-corrected chi connectivity index (χ3v) is 8.24. The number of nitrogens with one attached hydrogen (secondary N) is 3. The van der Waals surface area contributed by atoms with E-state index in [0.29, 0.717) is 12.1 Å². The van der Waals surface area contributed by atoms with Crippen molar-refractivity contribution in [2.75, 3.05) is 25.1 Å². The predicted octanol–water partition coefficient (Wildman–Crippen LogP) is 4.13. The highest BCUT2D eigenvalue weighted by Crippen LogP contribution is 2.57. The fraction of sp³-hybridized carbons (Fsp3) is 0.500. The molecule has 1 saturated heterocycles. The first kappa shape index (κ1) is 29.7. The van der Waals surface area contributed by atoms with Gasteiger partial charge in [0.25, 0.3) is 0 Å². The fourth-order valence-corrected chi connectivity index (χ4v) is 6.31. The van der Waals surface area contributed by atoms with E-state index in [9.17, 15) is 24.2 Å². The van der Waals surface area contributed by atoms with Crippen LogP contribution in [0.3, 0.4) is 0 Å². The molecule has 39 heavy (non-hydrogen) atoms. The van der Waals surface area contributed by atoms with Gasteiger partial charge in [0.2, 0.25) is 11.8 Å². The summed E-state index contributed by atoms with van der Waals surface area (Å²) in [5, 5.41) is 27.4. The van der Waals surface area contributed by atoms with Crippen LogP contribution in [0.1, 0.15) is 50.7 Å². The third-order valence-electron chi connectivity index (χ3n) is 7.66. The Morgan fingerprint density at radius 1 is 1.18 bits per heavy atom. The standard InChI is InChI=1S/C28H33Cl2F2N3O4/c1-27(2,3)11-21-28(16-9-19(31)18(30)10-20(16)34-26(28)39)22(15-5-4-6-17(29)23(15)32)24(35-21)25(38)33-12-14(13-37)7-8-36/h4-6,9-10,14,21-22,24,35-37H,7-8,11-13H2,1-3H3,(H,33,38)(H,34,39)/t14-,21-,22+,24-,28+/m1/s1. The van der Waals surface area contributed by atoms with Gasteiger partial charge in [-0.1, -0.05) is 56.1 Å². The zero-order valence-corrected chi connectivity index (χ0v) is 23.5. The maximum Gasteiger partial charge on any atom is 0.237 e. The van der Waals surface area contributed by atoms with Crippen molar-refractivity contribution in [1.29, 1.82) is 0 Å². The number of fused-ring (bicyclic) bond motifs is 2. The van der Waals surface area contributed by atoms with Gasteiger partial charge in [0.05, 0.1) is 16.1 Å². The van der Waals surface area contributed by atoms with E-state index < -0.39 is 52.8 Å². The van der Waals surface area contributed by atoms with Crippen molar-refractivity contribution in [3.05, 3.63) is 63.1 Å². The number of rotatable bonds is 8. The van der Waals surface area contributed by atoms with Gasteiger partial charge in [0.1, 0.15) is 17.0 Å². The molecular formula is C28H33Cl2F2N3O4. The van der Waals surface area contributed by atoms with Gasteiger partial charge in [-0.3, -0.25) is 9.59 Å². The van der Waals surface area contributed by atoms with Gasteiger partial charge >= 0.3 is 0 Å². The summed E-state index contributed by atoms with van der Waals surface area (Å²) in [5.41, 5.74) is -1.31. The summed E-state index contributed by atoms with van der Waals surface area (Å²) < 4.78 is 30.7. The number of carbonyl (C=O) groups is 2. The van der Waals surface area contributed by atoms with Gasteiger partial charge in [-0.05, 0) is 47.6 Å². The second-order valence-corrected chi connectivity index (χ2v) is 12.3. The van der Waals surface area contributed by atoms with Crippen molar-refractivity contribution >= 4 is 40.7 Å². The smallest absolute Gasteiger partial charge is 0.237 e. The van der Waals surface area contributed by atoms with E-state index in [-0.39, 0.29) is 52.8 Å². The van der Waals surface area contributed by atoms with Gasteiger partial charge in [0, 0.05) is 43.3 Å². The van der Waals surface area contributed by atoms with E-state index in [1.807, 2.05) is 20.8 Å². The molecule has 0 radical (unpaired) electrons. The number of benzene rings is 2. The Labute approximate surface area is 236 Å². The monoisotopic (exact) mass is 583 g/mol. The molecule has 2 amide bonds. The summed E-state index contributed by atoms with van der Waals surface area (Å²) in [5.74, 6) is -4.06. The molecule has 0 saturated carbocycles. The number of hydrogen-bond donors (Lipinski definition) is 5. The summed E-state index contributed by atoms with van der Waals surface area (Å²) in [6, 6.07) is 5.09. The molecule has 0 bridgehead atoms. The number of aliphatic hydroxyl groups excluding tert-OH is 2. The Bertz CT molecular complexity index is 1270. The first-order chi connectivity index (χ1) is 18.3. The van der Waals surface area contributed by atoms with Gasteiger partial charge in [0.15, 0.2) is 0 Å². The Morgan fingerprint density at radius 3 is 2.54 bits per heavy atom. The van der Waals surface area contributed by atoms with Crippen LogP contribution in [0.4, 0.5) is 14.5 Å². The minimum atomic E-state index is -1.58. The molecule has 2 aromatic carbocycles. The topological polar surface area (TPSA) is 111 Å². The molecule has 1 fully saturated rings. The minimum absolute atomic E-state index is 0.0407. The van der Waals surface area contributed by atoms with E-state index in [4.69, 9.17) is 23.2 Å². The highest BCUT2D eigenvalue weighted by atomic mass is 35.5. The second-order valence-electron chi connectivity index (χ2n) is 11.5. The lowest BCUT2D eigenvalue weighted by atomic mass is 9.62. The quantitative estimate of drug-likeness (QED) is 0.321. The number of amides is 2. The number of carbonyl (C=O) groups excluding carboxylic acids is 2. The molecule has 2 aliphatic heterocycles. The summed E-state index contributed by atoms with van der Waals surface area (Å²) in [7, 11) is 0. The lowest BCUT2D eigenvalue weighted by molar-refractivity contribution is -0.124. The highest BCUT2D eigenvalue weighted by Gasteiger charge is 2.66. The van der Waals surface area contributed by atoms with Crippen LogP contribution in [0, 0.1) is 23.0 Å². The van der Waals surface area contributed by atoms with Crippen LogP contribution in [0.5, 0.6) is 0 Å². The molecule has 0 aromatic heterocycles. The minimum Gasteiger partial charge on any atom is -0.396 e. The van der Waals surface area contributed by atoms with Gasteiger partial charge in [-0.15, -0.1) is 0 Å². The molecule has 212 valence electrons. The normalized spacial score (nSPS) is 25.1. The maximum atomic E-state index is 15.7. The first-order valence-electron chi connectivity index (χ1n) is 12.9. The molecule has 2 aromatic rings. The van der Waals surface area contributed by atoms with Crippen molar-refractivity contribution < 1.29 is 28.6 Å². The molecule has 5 N–H and O–H groups in total. The number of anilines is 1. The molecule has 5 atom stereocenters. The Hall–Kier alpha value is -2.30. The zero-order chi connectivity index (χ0) is 28.7. The molecule has 4 rings (SSSR count). The second kappa shape index (κ2) is 11.3. The van der Waals surface area contributed by atoms with Crippen molar-refractivity contribution in [2.45, 2.75) is 57.0 Å². The van der Waals surface area contributed by atoms with E-state index in [2.05, 4.69) is 16.0 Å². The van der Waals surface area contributed by atoms with E-state index in [1.54, 1.807) is 6.07 Å². The van der Waals surface area contributed by atoms with E-state index in [1.165, 1.54) is 24.3 Å². The Kier molecular flexibility index (Phi) is 8.59. The molecule has 1 spiro atoms. The van der Waals surface area contributed by atoms with Crippen LogP contribution in [-0.2, 0) is 15.0 Å².